The van der Waals surface area contributed by atoms with Crippen LogP contribution in [0.25, 0.3) is 0 Å². The summed E-state index contributed by atoms with van der Waals surface area (Å²) in [6.07, 6.45) is 1.02. The van der Waals surface area contributed by atoms with E-state index in [2.05, 4.69) is 36.4 Å². The lowest BCUT2D eigenvalue weighted by atomic mass is 10.1. The Morgan fingerprint density at radius 2 is 2.05 bits per heavy atom. The van der Waals surface area contributed by atoms with Crippen molar-refractivity contribution in [1.82, 2.24) is 0 Å². The molecule has 0 aliphatic rings. The molecular weight excluding hydrogens is 359 g/mol. The lowest BCUT2D eigenvalue weighted by Gasteiger charge is -2.10. The lowest BCUT2D eigenvalue weighted by Crippen LogP contribution is -2.11. The molecule has 0 aromatic heterocycles. The van der Waals surface area contributed by atoms with Gasteiger partial charge in [0, 0.05) is 10.2 Å². The van der Waals surface area contributed by atoms with Crippen LogP contribution in [0.2, 0.25) is 0 Å². The average Bonchev–Trinajstić information content (AvgIpc) is 2.34. The van der Waals surface area contributed by atoms with Gasteiger partial charge in [0.2, 0.25) is 0 Å². The van der Waals surface area contributed by atoms with Crippen LogP contribution in [0.3, 0.4) is 0 Å². The molecule has 0 heterocycles. The normalized spacial score (nSPS) is 10.7. The van der Waals surface area contributed by atoms with Crippen LogP contribution in [0.4, 0.5) is 0 Å². The van der Waals surface area contributed by atoms with Crippen molar-refractivity contribution in [2.45, 2.75) is 20.3 Å². The molecule has 0 saturated heterocycles. The number of aromatic carboxylic acids is 1. The topological polar surface area (TPSA) is 55.8 Å². The third-order valence-corrected chi connectivity index (χ3v) is 3.17. The minimum absolute atomic E-state index is 0.189. The zero-order valence-corrected chi connectivity index (χ0v) is 13.3. The Labute approximate surface area is 127 Å². The Hall–Kier alpha value is -0.820. The average molecular weight is 378 g/mol. The number of benzene rings is 1. The molecule has 19 heavy (non-hydrogen) atoms. The first-order valence-corrected chi connectivity index (χ1v) is 7.32. The van der Waals surface area contributed by atoms with Crippen molar-refractivity contribution < 1.29 is 19.4 Å². The predicted molar refractivity (Wildman–Crippen MR) is 81.9 cm³/mol. The molecule has 0 fully saturated rings. The van der Waals surface area contributed by atoms with Gasteiger partial charge in [-0.3, -0.25) is 0 Å². The fourth-order valence-electron chi connectivity index (χ4n) is 1.43. The zero-order chi connectivity index (χ0) is 14.3. The van der Waals surface area contributed by atoms with E-state index in [0.717, 1.165) is 9.99 Å². The monoisotopic (exact) mass is 378 g/mol. The van der Waals surface area contributed by atoms with E-state index in [4.69, 9.17) is 14.6 Å². The number of hydrogen-bond acceptors (Lipinski definition) is 3. The van der Waals surface area contributed by atoms with Gasteiger partial charge in [0.05, 0.1) is 6.61 Å². The van der Waals surface area contributed by atoms with E-state index < -0.39 is 5.97 Å². The molecule has 1 aromatic carbocycles. The molecule has 0 amide bonds. The van der Waals surface area contributed by atoms with Gasteiger partial charge in [0.1, 0.15) is 17.9 Å². The van der Waals surface area contributed by atoms with E-state index >= 15 is 0 Å². The number of carboxylic acids is 1. The number of carboxylic acid groups (broad SMARTS) is 1. The highest BCUT2D eigenvalue weighted by Gasteiger charge is 2.11. The van der Waals surface area contributed by atoms with Crippen LogP contribution >= 0.6 is 22.6 Å². The molecule has 0 bridgehead atoms. The Kier molecular flexibility index (Phi) is 7.15. The molecule has 0 aliphatic carbocycles. The summed E-state index contributed by atoms with van der Waals surface area (Å²) in [5.74, 6) is 0.0327. The minimum atomic E-state index is -0.978. The second kappa shape index (κ2) is 8.37. The van der Waals surface area contributed by atoms with Crippen molar-refractivity contribution >= 4 is 28.6 Å². The maximum absolute atomic E-state index is 11.1. The number of ether oxygens (including phenoxy) is 2. The van der Waals surface area contributed by atoms with Crippen LogP contribution in [0.15, 0.2) is 18.2 Å². The summed E-state index contributed by atoms with van der Waals surface area (Å²) in [4.78, 5) is 11.1. The summed E-state index contributed by atoms with van der Waals surface area (Å²) < 4.78 is 11.7. The summed E-state index contributed by atoms with van der Waals surface area (Å²) in [5, 5.41) is 9.08. The molecule has 0 spiro atoms. The van der Waals surface area contributed by atoms with E-state index in [9.17, 15) is 4.79 Å². The molecule has 1 N–H and O–H groups in total. The predicted octanol–water partition coefficient (Wildman–Crippen LogP) is 3.43. The maximum Gasteiger partial charge on any atom is 0.339 e. The third kappa shape index (κ3) is 6.24. The Bertz CT molecular complexity index is 418. The number of carbonyl (C=O) groups is 1. The Morgan fingerprint density at radius 3 is 2.68 bits per heavy atom. The van der Waals surface area contributed by atoms with Crippen molar-refractivity contribution in [3.8, 4) is 5.75 Å². The first kappa shape index (κ1) is 16.2. The highest BCUT2D eigenvalue weighted by atomic mass is 127. The van der Waals surface area contributed by atoms with Gasteiger partial charge >= 0.3 is 5.97 Å². The second-order valence-corrected chi connectivity index (χ2v) is 5.83. The quantitative estimate of drug-likeness (QED) is 0.556. The number of hydrogen-bond donors (Lipinski definition) is 1. The van der Waals surface area contributed by atoms with Crippen molar-refractivity contribution in [1.29, 1.82) is 0 Å². The highest BCUT2D eigenvalue weighted by Crippen LogP contribution is 2.21. The van der Waals surface area contributed by atoms with Crippen LogP contribution in [-0.2, 0) is 4.74 Å². The molecule has 4 nitrogen and oxygen atoms in total. The molecule has 1 aromatic rings. The van der Waals surface area contributed by atoms with E-state index in [0.29, 0.717) is 31.5 Å². The van der Waals surface area contributed by atoms with Gasteiger partial charge in [0.15, 0.2) is 0 Å². The van der Waals surface area contributed by atoms with Crippen molar-refractivity contribution in [3.63, 3.8) is 0 Å². The first-order valence-electron chi connectivity index (χ1n) is 6.24. The number of rotatable bonds is 8. The molecule has 0 saturated carbocycles. The van der Waals surface area contributed by atoms with Crippen molar-refractivity contribution in [2.24, 2.45) is 5.92 Å². The van der Waals surface area contributed by atoms with Gasteiger partial charge in [-0.05, 0) is 53.1 Å². The van der Waals surface area contributed by atoms with Gasteiger partial charge in [-0.2, -0.15) is 0 Å². The molecule has 0 radical (unpaired) electrons. The molecule has 0 aliphatic heterocycles. The van der Waals surface area contributed by atoms with Crippen molar-refractivity contribution in [3.05, 3.63) is 27.3 Å². The fourth-order valence-corrected chi connectivity index (χ4v) is 1.92. The molecule has 0 atom stereocenters. The first-order chi connectivity index (χ1) is 9.00. The molecule has 5 heteroatoms. The van der Waals surface area contributed by atoms with Gasteiger partial charge in [0.25, 0.3) is 0 Å². The van der Waals surface area contributed by atoms with Crippen LogP contribution in [0, 0.1) is 9.49 Å². The van der Waals surface area contributed by atoms with Crippen LogP contribution in [0.5, 0.6) is 5.75 Å². The van der Waals surface area contributed by atoms with Crippen LogP contribution < -0.4 is 4.74 Å². The summed E-state index contributed by atoms with van der Waals surface area (Å²) in [5.41, 5.74) is 0.189. The van der Waals surface area contributed by atoms with Crippen LogP contribution in [-0.4, -0.2) is 30.9 Å². The summed E-state index contributed by atoms with van der Waals surface area (Å²) in [6.45, 7) is 5.82. The van der Waals surface area contributed by atoms with Gasteiger partial charge in [-0.25, -0.2) is 4.79 Å². The zero-order valence-electron chi connectivity index (χ0n) is 11.2. The third-order valence-electron chi connectivity index (χ3n) is 2.50. The standard InChI is InChI=1S/C14H19IO4/c1-10(2)5-6-18-7-8-19-13-4-3-11(15)9-12(13)14(16)17/h3-4,9-10H,5-8H2,1-2H3,(H,16,17). The summed E-state index contributed by atoms with van der Waals surface area (Å²) in [6, 6.07) is 5.10. The van der Waals surface area contributed by atoms with E-state index in [1.54, 1.807) is 12.1 Å². The van der Waals surface area contributed by atoms with E-state index in [1.165, 1.54) is 0 Å². The number of halogens is 1. The van der Waals surface area contributed by atoms with E-state index in [1.807, 2.05) is 6.07 Å². The molecule has 106 valence electrons. The largest absolute Gasteiger partial charge is 0.490 e. The van der Waals surface area contributed by atoms with Gasteiger partial charge in [-0.1, -0.05) is 13.8 Å². The highest BCUT2D eigenvalue weighted by molar-refractivity contribution is 14.1. The summed E-state index contributed by atoms with van der Waals surface area (Å²) >= 11 is 2.07. The second-order valence-electron chi connectivity index (χ2n) is 4.59. The summed E-state index contributed by atoms with van der Waals surface area (Å²) in [7, 11) is 0. The Balaban J connectivity index is 2.39. The molecule has 0 unspecified atom stereocenters. The maximum atomic E-state index is 11.1. The lowest BCUT2D eigenvalue weighted by molar-refractivity contribution is 0.0683. The smallest absolute Gasteiger partial charge is 0.339 e. The van der Waals surface area contributed by atoms with Gasteiger partial charge in [-0.15, -0.1) is 0 Å². The van der Waals surface area contributed by atoms with Crippen molar-refractivity contribution in [2.75, 3.05) is 19.8 Å². The molecular formula is C14H19IO4. The SMILES string of the molecule is CC(C)CCOCCOc1ccc(I)cc1C(=O)O. The fraction of sp³-hybridized carbons (Fsp3) is 0.500. The van der Waals surface area contributed by atoms with Gasteiger partial charge < -0.3 is 14.6 Å². The Morgan fingerprint density at radius 1 is 1.32 bits per heavy atom. The minimum Gasteiger partial charge on any atom is -0.490 e. The van der Waals surface area contributed by atoms with E-state index in [-0.39, 0.29) is 5.56 Å². The molecule has 1 rings (SSSR count). The van der Waals surface area contributed by atoms with Crippen LogP contribution in [0.1, 0.15) is 30.6 Å².